The molecule has 1 N–H and O–H groups in total. The van der Waals surface area contributed by atoms with Crippen molar-refractivity contribution >= 4 is 16.5 Å². The zero-order valence-electron chi connectivity index (χ0n) is 17.0. The standard InChI is InChI=1S/C28H27N/c1-20(26-17-16-24-4-2-3-5-27(24)19-26)29-28-18-23-11-10-21-6-8-22(9-7-21)12-14-25(28)15-13-23/h2-9,13,15-20,29H,10-12,14H2,1H3/t20-/m0/s1. The Labute approximate surface area is 173 Å². The Bertz CT molecular complexity index is 1140. The van der Waals surface area contributed by atoms with E-state index in [9.17, 15) is 0 Å². The second kappa shape index (κ2) is 7.75. The van der Waals surface area contributed by atoms with Gasteiger partial charge in [-0.1, -0.05) is 72.8 Å². The zero-order valence-corrected chi connectivity index (χ0v) is 17.0. The molecule has 4 aliphatic carbocycles. The van der Waals surface area contributed by atoms with Crippen LogP contribution in [0.25, 0.3) is 10.8 Å². The van der Waals surface area contributed by atoms with Gasteiger partial charge in [0.25, 0.3) is 0 Å². The number of aryl methyl sites for hydroxylation is 4. The lowest BCUT2D eigenvalue weighted by Gasteiger charge is -2.21. The molecule has 0 amide bonds. The number of fused-ring (bicyclic) bond motifs is 1. The van der Waals surface area contributed by atoms with Crippen LogP contribution in [0.1, 0.15) is 40.8 Å². The van der Waals surface area contributed by atoms with Gasteiger partial charge in [0.15, 0.2) is 0 Å². The van der Waals surface area contributed by atoms with Gasteiger partial charge in [-0.2, -0.15) is 0 Å². The molecule has 4 aliphatic rings. The molecule has 0 spiro atoms. The Kier molecular flexibility index (Phi) is 4.81. The molecular weight excluding hydrogens is 350 g/mol. The summed E-state index contributed by atoms with van der Waals surface area (Å²) in [5, 5.41) is 6.43. The maximum Gasteiger partial charge on any atom is 0.0485 e. The van der Waals surface area contributed by atoms with Crippen LogP contribution >= 0.6 is 0 Å². The fourth-order valence-corrected chi connectivity index (χ4v) is 4.37. The molecule has 0 unspecified atom stereocenters. The van der Waals surface area contributed by atoms with Crippen LogP contribution in [0.2, 0.25) is 0 Å². The van der Waals surface area contributed by atoms with E-state index in [4.69, 9.17) is 0 Å². The molecule has 4 aromatic carbocycles. The number of benzene rings is 4. The Balaban J connectivity index is 1.44. The number of hydrogen-bond donors (Lipinski definition) is 1. The largest absolute Gasteiger partial charge is 0.378 e. The van der Waals surface area contributed by atoms with E-state index in [0.29, 0.717) is 0 Å². The molecule has 4 bridgehead atoms. The van der Waals surface area contributed by atoms with Crippen molar-refractivity contribution in [1.82, 2.24) is 0 Å². The highest BCUT2D eigenvalue weighted by atomic mass is 14.9. The molecule has 8 rings (SSSR count). The average Bonchev–Trinajstić information content (AvgIpc) is 2.76. The third kappa shape index (κ3) is 3.91. The molecule has 1 atom stereocenters. The van der Waals surface area contributed by atoms with Gasteiger partial charge in [0.2, 0.25) is 0 Å². The normalized spacial score (nSPS) is 14.4. The molecule has 0 heterocycles. The molecule has 144 valence electrons. The predicted molar refractivity (Wildman–Crippen MR) is 124 cm³/mol. The Morgan fingerprint density at radius 3 is 2.07 bits per heavy atom. The van der Waals surface area contributed by atoms with Crippen molar-refractivity contribution in [2.45, 2.75) is 38.6 Å². The second-order valence-electron chi connectivity index (χ2n) is 8.28. The van der Waals surface area contributed by atoms with Crippen LogP contribution in [0.3, 0.4) is 0 Å². The van der Waals surface area contributed by atoms with E-state index in [0.717, 1.165) is 25.7 Å². The fourth-order valence-electron chi connectivity index (χ4n) is 4.37. The van der Waals surface area contributed by atoms with Crippen molar-refractivity contribution in [2.75, 3.05) is 5.32 Å². The van der Waals surface area contributed by atoms with E-state index in [-0.39, 0.29) is 6.04 Å². The minimum absolute atomic E-state index is 0.264. The van der Waals surface area contributed by atoms with Crippen LogP contribution in [0.15, 0.2) is 84.9 Å². The van der Waals surface area contributed by atoms with Crippen molar-refractivity contribution in [2.24, 2.45) is 0 Å². The SMILES string of the molecule is C[C@H](Nc1cc2ccc1CCc1ccc(cc1)CC2)c1ccc2ccccc2c1. The lowest BCUT2D eigenvalue weighted by Crippen LogP contribution is -2.10. The monoisotopic (exact) mass is 377 g/mol. The van der Waals surface area contributed by atoms with E-state index >= 15 is 0 Å². The Morgan fingerprint density at radius 1 is 0.621 bits per heavy atom. The lowest BCUT2D eigenvalue weighted by atomic mass is 9.95. The van der Waals surface area contributed by atoms with Crippen LogP contribution in [-0.2, 0) is 25.7 Å². The average molecular weight is 378 g/mol. The first kappa shape index (κ1) is 18.0. The highest BCUT2D eigenvalue weighted by Crippen LogP contribution is 2.28. The van der Waals surface area contributed by atoms with Gasteiger partial charge in [-0.3, -0.25) is 0 Å². The van der Waals surface area contributed by atoms with E-state index < -0.39 is 0 Å². The van der Waals surface area contributed by atoms with E-state index in [2.05, 4.69) is 97.2 Å². The zero-order chi connectivity index (χ0) is 19.6. The molecular formula is C28H27N. The minimum atomic E-state index is 0.264. The second-order valence-corrected chi connectivity index (χ2v) is 8.28. The Hall–Kier alpha value is -3.06. The molecule has 4 aromatic rings. The molecule has 0 saturated heterocycles. The summed E-state index contributed by atoms with van der Waals surface area (Å²) < 4.78 is 0. The van der Waals surface area contributed by atoms with E-state index in [1.807, 2.05) is 0 Å². The van der Waals surface area contributed by atoms with Gasteiger partial charge in [-0.15, -0.1) is 0 Å². The molecule has 1 heteroatoms. The van der Waals surface area contributed by atoms with Gasteiger partial charge in [-0.25, -0.2) is 0 Å². The summed E-state index contributed by atoms with van der Waals surface area (Å²) in [5.41, 5.74) is 8.29. The van der Waals surface area contributed by atoms with Crippen LogP contribution in [0.4, 0.5) is 5.69 Å². The first-order valence-electron chi connectivity index (χ1n) is 10.7. The summed E-state index contributed by atoms with van der Waals surface area (Å²) in [4.78, 5) is 0. The number of rotatable bonds is 3. The van der Waals surface area contributed by atoms with Crippen molar-refractivity contribution in [3.8, 4) is 0 Å². The predicted octanol–water partition coefficient (Wildman–Crippen LogP) is 6.90. The molecule has 0 fully saturated rings. The third-order valence-corrected chi connectivity index (χ3v) is 6.23. The molecule has 0 saturated carbocycles. The quantitative estimate of drug-likeness (QED) is 0.409. The van der Waals surface area contributed by atoms with Crippen molar-refractivity contribution < 1.29 is 0 Å². The van der Waals surface area contributed by atoms with Gasteiger partial charge in [0, 0.05) is 11.7 Å². The fraction of sp³-hybridized carbons (Fsp3) is 0.214. The summed E-state index contributed by atoms with van der Waals surface area (Å²) in [5.74, 6) is 0. The third-order valence-electron chi connectivity index (χ3n) is 6.23. The topological polar surface area (TPSA) is 12.0 Å². The van der Waals surface area contributed by atoms with Crippen LogP contribution < -0.4 is 5.32 Å². The molecule has 0 aliphatic heterocycles. The summed E-state index contributed by atoms with van der Waals surface area (Å²) >= 11 is 0. The van der Waals surface area contributed by atoms with Crippen LogP contribution in [0.5, 0.6) is 0 Å². The number of hydrogen-bond acceptors (Lipinski definition) is 1. The molecule has 1 nitrogen and oxygen atoms in total. The van der Waals surface area contributed by atoms with E-state index in [1.165, 1.54) is 44.3 Å². The van der Waals surface area contributed by atoms with Crippen LogP contribution in [0, 0.1) is 0 Å². The van der Waals surface area contributed by atoms with Gasteiger partial charge in [-0.05, 0) is 83.3 Å². The highest BCUT2D eigenvalue weighted by Gasteiger charge is 2.12. The highest BCUT2D eigenvalue weighted by molar-refractivity contribution is 5.83. The van der Waals surface area contributed by atoms with E-state index in [1.54, 1.807) is 0 Å². The minimum Gasteiger partial charge on any atom is -0.378 e. The molecule has 0 aromatic heterocycles. The van der Waals surface area contributed by atoms with Crippen molar-refractivity contribution in [3.05, 3.63) is 113 Å². The molecule has 29 heavy (non-hydrogen) atoms. The maximum atomic E-state index is 3.83. The summed E-state index contributed by atoms with van der Waals surface area (Å²) in [6.45, 7) is 2.27. The van der Waals surface area contributed by atoms with Gasteiger partial charge in [0.05, 0.1) is 0 Å². The first-order valence-corrected chi connectivity index (χ1v) is 10.7. The number of nitrogens with one attached hydrogen (secondary N) is 1. The summed E-state index contributed by atoms with van der Waals surface area (Å²) in [6.07, 6.45) is 4.32. The lowest BCUT2D eigenvalue weighted by molar-refractivity contribution is 0.868. The van der Waals surface area contributed by atoms with Crippen LogP contribution in [-0.4, -0.2) is 0 Å². The molecule has 0 radical (unpaired) electrons. The van der Waals surface area contributed by atoms with Crippen molar-refractivity contribution in [1.29, 1.82) is 0 Å². The summed E-state index contributed by atoms with van der Waals surface area (Å²) in [6, 6.07) is 31.9. The van der Waals surface area contributed by atoms with Gasteiger partial charge >= 0.3 is 0 Å². The Morgan fingerprint density at radius 2 is 1.28 bits per heavy atom. The van der Waals surface area contributed by atoms with Gasteiger partial charge in [0.1, 0.15) is 0 Å². The first-order chi connectivity index (χ1) is 14.2. The maximum absolute atomic E-state index is 3.83. The van der Waals surface area contributed by atoms with Crippen molar-refractivity contribution in [3.63, 3.8) is 0 Å². The summed E-state index contributed by atoms with van der Waals surface area (Å²) in [7, 11) is 0. The van der Waals surface area contributed by atoms with Gasteiger partial charge < -0.3 is 5.32 Å². The number of anilines is 1. The smallest absolute Gasteiger partial charge is 0.0485 e.